The average Bonchev–Trinajstić information content (AvgIpc) is 2.86. The summed E-state index contributed by atoms with van der Waals surface area (Å²) in [6, 6.07) is 3.06. The molecule has 1 aromatic carbocycles. The number of nitrogens with zero attached hydrogens (tertiary/aromatic N) is 1. The monoisotopic (exact) mass is 391 g/mol. The van der Waals surface area contributed by atoms with Crippen molar-refractivity contribution >= 4 is 46.0 Å². The number of carbonyl (C=O) groups is 2. The van der Waals surface area contributed by atoms with Gasteiger partial charge in [-0.3, -0.25) is 14.6 Å². The van der Waals surface area contributed by atoms with Crippen LogP contribution in [0.3, 0.4) is 0 Å². The number of aliphatic imine (C=N–C) groups is 1. The Bertz CT molecular complexity index is 737. The number of halogens is 4. The number of carbonyl (C=O) groups excluding carboxylic acids is 2. The fourth-order valence-electron chi connectivity index (χ4n) is 1.96. The van der Waals surface area contributed by atoms with E-state index in [2.05, 4.69) is 22.2 Å². The van der Waals surface area contributed by atoms with Crippen LogP contribution in [0.4, 0.5) is 18.9 Å². The second-order valence-electron chi connectivity index (χ2n) is 4.97. The molecule has 2 rings (SSSR count). The number of nitrogens with one attached hydrogen (secondary N) is 2. The second-order valence-corrected chi connectivity index (χ2v) is 6.57. The van der Waals surface area contributed by atoms with Crippen LogP contribution in [0, 0.1) is 0 Å². The van der Waals surface area contributed by atoms with E-state index in [0.717, 1.165) is 23.9 Å². The Morgan fingerprint density at radius 1 is 1.48 bits per heavy atom. The zero-order valence-electron chi connectivity index (χ0n) is 12.7. The lowest BCUT2D eigenvalue weighted by molar-refractivity contribution is -0.137. The van der Waals surface area contributed by atoms with Crippen LogP contribution in [0.15, 0.2) is 35.8 Å². The molecule has 134 valence electrons. The largest absolute Gasteiger partial charge is 0.417 e. The second kappa shape index (κ2) is 7.92. The average molecular weight is 392 g/mol. The molecule has 0 aromatic heterocycles. The third kappa shape index (κ3) is 5.23. The zero-order chi connectivity index (χ0) is 18.6. The van der Waals surface area contributed by atoms with Gasteiger partial charge in [0.1, 0.15) is 5.25 Å². The summed E-state index contributed by atoms with van der Waals surface area (Å²) in [4.78, 5) is 27.8. The molecule has 1 aliphatic rings. The third-order valence-corrected chi connectivity index (χ3v) is 4.52. The van der Waals surface area contributed by atoms with Gasteiger partial charge >= 0.3 is 6.18 Å². The van der Waals surface area contributed by atoms with Crippen molar-refractivity contribution in [2.45, 2.75) is 17.8 Å². The van der Waals surface area contributed by atoms with Crippen LogP contribution < -0.4 is 10.6 Å². The maximum Gasteiger partial charge on any atom is 0.417 e. The molecular formula is C15H13ClF3N3O2S. The first-order valence-corrected chi connectivity index (χ1v) is 8.26. The number of alkyl halides is 3. The molecule has 0 spiro atoms. The van der Waals surface area contributed by atoms with Crippen molar-refractivity contribution < 1.29 is 22.8 Å². The molecule has 2 N–H and O–H groups in total. The highest BCUT2D eigenvalue weighted by molar-refractivity contribution is 8.15. The molecule has 0 radical (unpaired) electrons. The van der Waals surface area contributed by atoms with Crippen molar-refractivity contribution in [2.24, 2.45) is 4.99 Å². The molecule has 0 saturated carbocycles. The zero-order valence-corrected chi connectivity index (χ0v) is 14.3. The molecule has 1 fully saturated rings. The molecule has 10 heteroatoms. The van der Waals surface area contributed by atoms with Gasteiger partial charge < -0.3 is 10.6 Å². The fourth-order valence-corrected chi connectivity index (χ4v) is 3.17. The highest BCUT2D eigenvalue weighted by atomic mass is 35.5. The summed E-state index contributed by atoms with van der Waals surface area (Å²) in [6.07, 6.45) is -3.28. The van der Waals surface area contributed by atoms with Gasteiger partial charge in [0.15, 0.2) is 5.17 Å². The van der Waals surface area contributed by atoms with E-state index in [1.807, 2.05) is 0 Å². The van der Waals surface area contributed by atoms with Crippen LogP contribution in [0.1, 0.15) is 12.0 Å². The lowest BCUT2D eigenvalue weighted by atomic mass is 10.2. The Balaban J connectivity index is 2.01. The van der Waals surface area contributed by atoms with Crippen LogP contribution in [0.5, 0.6) is 0 Å². The van der Waals surface area contributed by atoms with Gasteiger partial charge in [0, 0.05) is 12.1 Å². The van der Waals surface area contributed by atoms with Gasteiger partial charge in [-0.15, -0.1) is 6.58 Å². The summed E-state index contributed by atoms with van der Waals surface area (Å²) in [5.74, 6) is -0.969. The van der Waals surface area contributed by atoms with E-state index >= 15 is 0 Å². The lowest BCUT2D eigenvalue weighted by Crippen LogP contribution is -2.28. The van der Waals surface area contributed by atoms with Crippen molar-refractivity contribution in [3.8, 4) is 0 Å². The Morgan fingerprint density at radius 3 is 2.84 bits per heavy atom. The van der Waals surface area contributed by atoms with Gasteiger partial charge in [-0.1, -0.05) is 29.4 Å². The van der Waals surface area contributed by atoms with E-state index in [1.54, 1.807) is 6.08 Å². The summed E-state index contributed by atoms with van der Waals surface area (Å²) in [5, 5.41) is 4.09. The van der Waals surface area contributed by atoms with Crippen molar-refractivity contribution in [2.75, 3.05) is 11.9 Å². The van der Waals surface area contributed by atoms with Crippen molar-refractivity contribution in [3.05, 3.63) is 41.4 Å². The van der Waals surface area contributed by atoms with Crippen LogP contribution in [0.2, 0.25) is 5.02 Å². The summed E-state index contributed by atoms with van der Waals surface area (Å²) in [6.45, 7) is 3.83. The number of amidine groups is 1. The van der Waals surface area contributed by atoms with E-state index in [0.29, 0.717) is 11.7 Å². The molecule has 25 heavy (non-hydrogen) atoms. The number of benzene rings is 1. The Hall–Kier alpha value is -2.00. The highest BCUT2D eigenvalue weighted by Crippen LogP contribution is 2.36. The number of amides is 2. The topological polar surface area (TPSA) is 70.6 Å². The standard InChI is InChI=1S/C15H13ClF3N3O2S/c1-2-5-20-14-22-13(24)11(25-14)7-12(23)21-8-3-4-10(16)9(6-8)15(17,18)19/h2-4,6,11H,1,5,7H2,(H,21,23)(H,20,22,24)/t11-/m1/s1. The maximum absolute atomic E-state index is 12.8. The van der Waals surface area contributed by atoms with Crippen LogP contribution >= 0.6 is 23.4 Å². The van der Waals surface area contributed by atoms with Crippen molar-refractivity contribution in [1.82, 2.24) is 5.32 Å². The minimum Gasteiger partial charge on any atom is -0.326 e. The molecule has 5 nitrogen and oxygen atoms in total. The minimum atomic E-state index is -4.63. The van der Waals surface area contributed by atoms with Gasteiger partial charge in [0.25, 0.3) is 0 Å². The number of hydrogen-bond acceptors (Lipinski definition) is 4. The Kier molecular flexibility index (Phi) is 6.12. The van der Waals surface area contributed by atoms with Gasteiger partial charge in [0.05, 0.1) is 17.1 Å². The lowest BCUT2D eigenvalue weighted by Gasteiger charge is -2.12. The summed E-state index contributed by atoms with van der Waals surface area (Å²) < 4.78 is 38.4. The minimum absolute atomic E-state index is 0.0503. The first-order valence-electron chi connectivity index (χ1n) is 7.00. The normalized spacial score (nSPS) is 19.0. The van der Waals surface area contributed by atoms with Crippen LogP contribution in [-0.2, 0) is 15.8 Å². The maximum atomic E-state index is 12.8. The quantitative estimate of drug-likeness (QED) is 0.755. The predicted molar refractivity (Wildman–Crippen MR) is 91.7 cm³/mol. The molecular weight excluding hydrogens is 379 g/mol. The van der Waals surface area contributed by atoms with Crippen molar-refractivity contribution in [3.63, 3.8) is 0 Å². The fraction of sp³-hybridized carbons (Fsp3) is 0.267. The first-order chi connectivity index (χ1) is 11.7. The highest BCUT2D eigenvalue weighted by Gasteiger charge is 2.34. The van der Waals surface area contributed by atoms with Crippen LogP contribution in [-0.4, -0.2) is 28.8 Å². The summed E-state index contributed by atoms with van der Waals surface area (Å²) in [7, 11) is 0. The smallest absolute Gasteiger partial charge is 0.326 e. The molecule has 1 heterocycles. The molecule has 2 amide bonds. The molecule has 0 aliphatic carbocycles. The van der Waals surface area contributed by atoms with Gasteiger partial charge in [-0.25, -0.2) is 0 Å². The Labute approximate surface area is 150 Å². The van der Waals surface area contributed by atoms with E-state index in [9.17, 15) is 22.8 Å². The molecule has 1 aliphatic heterocycles. The molecule has 1 atom stereocenters. The van der Waals surface area contributed by atoms with E-state index < -0.39 is 27.9 Å². The predicted octanol–water partition coefficient (Wildman–Crippen LogP) is 3.46. The van der Waals surface area contributed by atoms with Gasteiger partial charge in [0.2, 0.25) is 11.8 Å². The molecule has 1 saturated heterocycles. The van der Waals surface area contributed by atoms with Crippen molar-refractivity contribution in [1.29, 1.82) is 0 Å². The number of hydrogen-bond donors (Lipinski definition) is 2. The number of rotatable bonds is 5. The molecule has 1 aromatic rings. The number of anilines is 1. The summed E-state index contributed by atoms with van der Waals surface area (Å²) in [5.41, 5.74) is -1.09. The van der Waals surface area contributed by atoms with Gasteiger partial charge in [-0.05, 0) is 18.2 Å². The van der Waals surface area contributed by atoms with E-state index in [1.165, 1.54) is 6.07 Å². The SMILES string of the molecule is C=CCN=C1NC(=O)[C@@H](CC(=O)Nc2ccc(Cl)c(C(F)(F)F)c2)S1. The summed E-state index contributed by atoms with van der Waals surface area (Å²) >= 11 is 6.61. The van der Waals surface area contributed by atoms with E-state index in [-0.39, 0.29) is 18.0 Å². The number of thioether (sulfide) groups is 1. The Morgan fingerprint density at radius 2 is 2.20 bits per heavy atom. The first kappa shape index (κ1) is 19.3. The third-order valence-electron chi connectivity index (χ3n) is 3.07. The van der Waals surface area contributed by atoms with Crippen LogP contribution in [0.25, 0.3) is 0 Å². The molecule has 0 unspecified atom stereocenters. The molecule has 0 bridgehead atoms. The van der Waals surface area contributed by atoms with E-state index in [4.69, 9.17) is 11.6 Å². The van der Waals surface area contributed by atoms with Gasteiger partial charge in [-0.2, -0.15) is 13.2 Å².